The molecule has 3 rings (SSSR count). The van der Waals surface area contributed by atoms with Gasteiger partial charge in [-0.2, -0.15) is 0 Å². The Balaban J connectivity index is 1.54. The number of nitrogens with one attached hydrogen (secondary N) is 2. The average molecular weight is 613 g/mol. The van der Waals surface area contributed by atoms with Crippen LogP contribution in [0.5, 0.6) is 0 Å². The van der Waals surface area contributed by atoms with E-state index < -0.39 is 23.8 Å². The van der Waals surface area contributed by atoms with E-state index in [9.17, 15) is 14.4 Å². The molecule has 224 valence electrons. The van der Waals surface area contributed by atoms with Crippen molar-refractivity contribution in [2.24, 2.45) is 5.11 Å². The normalized spacial score (nSPS) is 11.6. The predicted octanol–water partition coefficient (Wildman–Crippen LogP) is 7.27. The quantitative estimate of drug-likeness (QED) is 0.0851. The molecule has 2 heterocycles. The number of azide groups is 1. The summed E-state index contributed by atoms with van der Waals surface area (Å²) in [6.07, 6.45) is 0.302. The van der Waals surface area contributed by atoms with Crippen LogP contribution >= 0.6 is 22.7 Å². The summed E-state index contributed by atoms with van der Waals surface area (Å²) >= 11 is 3.15. The minimum atomic E-state index is -0.792. The zero-order valence-corrected chi connectivity index (χ0v) is 25.6. The Labute approximate surface area is 253 Å². The number of thiophene rings is 2. The van der Waals surface area contributed by atoms with E-state index in [0.29, 0.717) is 44.6 Å². The molecule has 0 saturated carbocycles. The maximum atomic E-state index is 13.8. The second-order valence-electron chi connectivity index (χ2n) is 10.4. The molecule has 0 aliphatic rings. The topological polar surface area (TPSA) is 146 Å². The second kappa shape index (κ2) is 16.4. The Morgan fingerprint density at radius 2 is 1.62 bits per heavy atom. The Hall–Kier alpha value is -4.06. The van der Waals surface area contributed by atoms with E-state index in [4.69, 9.17) is 15.0 Å². The van der Waals surface area contributed by atoms with Crippen molar-refractivity contribution in [2.45, 2.75) is 71.4 Å². The molecule has 0 aliphatic carbocycles. The first kappa shape index (κ1) is 32.5. The number of nitrogens with zero attached hydrogens (tertiary/aromatic N) is 4. The summed E-state index contributed by atoms with van der Waals surface area (Å²) in [6.45, 7) is 6.59. The van der Waals surface area contributed by atoms with Gasteiger partial charge in [-0.3, -0.25) is 4.79 Å². The molecule has 0 radical (unpaired) electrons. The molecule has 0 bridgehead atoms. The van der Waals surface area contributed by atoms with Crippen molar-refractivity contribution in [3.05, 3.63) is 85.1 Å². The first-order chi connectivity index (χ1) is 20.1. The molecule has 13 heteroatoms. The van der Waals surface area contributed by atoms with Crippen LogP contribution in [0.15, 0.2) is 64.4 Å². The molecule has 0 aliphatic heterocycles. The molecule has 0 spiro atoms. The number of rotatable bonds is 14. The average Bonchev–Trinajstić information content (AvgIpc) is 3.65. The van der Waals surface area contributed by atoms with Gasteiger partial charge in [0.15, 0.2) is 0 Å². The lowest BCUT2D eigenvalue weighted by atomic mass is 10.1. The van der Waals surface area contributed by atoms with E-state index in [2.05, 4.69) is 20.7 Å². The number of hydrogen-bond acceptors (Lipinski definition) is 8. The van der Waals surface area contributed by atoms with Gasteiger partial charge in [-0.15, -0.1) is 22.7 Å². The van der Waals surface area contributed by atoms with Gasteiger partial charge in [0.2, 0.25) is 5.91 Å². The zero-order valence-electron chi connectivity index (χ0n) is 23.9. The molecule has 0 unspecified atom stereocenters. The lowest BCUT2D eigenvalue weighted by Gasteiger charge is -2.28. The van der Waals surface area contributed by atoms with Crippen LogP contribution in [0.25, 0.3) is 10.4 Å². The van der Waals surface area contributed by atoms with E-state index in [1.807, 2.05) is 35.0 Å². The van der Waals surface area contributed by atoms with Crippen molar-refractivity contribution in [3.8, 4) is 0 Å². The summed E-state index contributed by atoms with van der Waals surface area (Å²) in [4.78, 5) is 45.2. The van der Waals surface area contributed by atoms with Gasteiger partial charge in [0.1, 0.15) is 18.2 Å². The predicted molar refractivity (Wildman–Crippen MR) is 163 cm³/mol. The summed E-state index contributed by atoms with van der Waals surface area (Å²) in [5, 5.41) is 12.9. The van der Waals surface area contributed by atoms with Crippen molar-refractivity contribution in [2.75, 3.05) is 6.54 Å². The minimum Gasteiger partial charge on any atom is -0.445 e. The highest BCUT2D eigenvalue weighted by Gasteiger charge is 2.28. The summed E-state index contributed by atoms with van der Waals surface area (Å²) in [5.74, 6) is -0.193. The van der Waals surface area contributed by atoms with Crippen molar-refractivity contribution < 1.29 is 23.9 Å². The van der Waals surface area contributed by atoms with Crippen LogP contribution in [-0.2, 0) is 34.0 Å². The van der Waals surface area contributed by atoms with Gasteiger partial charge in [-0.05, 0) is 74.0 Å². The molecule has 2 aromatic heterocycles. The lowest BCUT2D eigenvalue weighted by molar-refractivity contribution is -0.134. The van der Waals surface area contributed by atoms with Gasteiger partial charge in [0.25, 0.3) is 0 Å². The highest BCUT2D eigenvalue weighted by molar-refractivity contribution is 7.10. The molecule has 11 nitrogen and oxygen atoms in total. The van der Waals surface area contributed by atoms with Gasteiger partial charge < -0.3 is 25.0 Å². The Morgan fingerprint density at radius 1 is 0.976 bits per heavy atom. The Kier molecular flexibility index (Phi) is 12.7. The largest absolute Gasteiger partial charge is 0.445 e. The zero-order chi connectivity index (χ0) is 30.4. The third-order valence-corrected chi connectivity index (χ3v) is 7.53. The fraction of sp³-hybridized carbons (Fsp3) is 0.414. The standard InChI is InChI=1S/C29H36N6O5S2/c1-29(2,3)40-28(38)32-25(26(36)35(18-23-8-6-16-41-23)19-24-9-7-17-42-24)10-4-5-15-31-27(37)39-20-21-11-13-22(14-12-21)33-34-30/h6-9,11-14,16-17,25H,4-5,10,15,18-20H2,1-3H3,(H,31,37)(H,32,38)/t25-/m0/s1. The third kappa shape index (κ3) is 11.8. The Bertz CT molecular complexity index is 1280. The molecule has 2 N–H and O–H groups in total. The maximum Gasteiger partial charge on any atom is 0.408 e. The number of ether oxygens (including phenoxy) is 2. The SMILES string of the molecule is CC(C)(C)OC(=O)N[C@@H](CCCCNC(=O)OCc1ccc(N=[N+]=[N-])cc1)C(=O)N(Cc1cccs1)Cc1cccs1. The van der Waals surface area contributed by atoms with Gasteiger partial charge in [0.05, 0.1) is 13.1 Å². The van der Waals surface area contributed by atoms with Crippen LogP contribution in [0.1, 0.15) is 55.4 Å². The highest BCUT2D eigenvalue weighted by Crippen LogP contribution is 2.20. The summed E-state index contributed by atoms with van der Waals surface area (Å²) in [6, 6.07) is 13.8. The summed E-state index contributed by atoms with van der Waals surface area (Å²) in [5.41, 5.74) is 9.01. The first-order valence-electron chi connectivity index (χ1n) is 13.5. The number of hydrogen-bond donors (Lipinski definition) is 2. The van der Waals surface area contributed by atoms with Crippen molar-refractivity contribution in [1.82, 2.24) is 15.5 Å². The van der Waals surface area contributed by atoms with Crippen LogP contribution in [0.3, 0.4) is 0 Å². The molecular weight excluding hydrogens is 576 g/mol. The van der Waals surface area contributed by atoms with E-state index in [0.717, 1.165) is 15.3 Å². The molecule has 3 aromatic rings. The monoisotopic (exact) mass is 612 g/mol. The van der Waals surface area contributed by atoms with Crippen molar-refractivity contribution in [1.29, 1.82) is 0 Å². The fourth-order valence-corrected chi connectivity index (χ4v) is 5.33. The summed E-state index contributed by atoms with van der Waals surface area (Å²) in [7, 11) is 0. The van der Waals surface area contributed by atoms with E-state index in [-0.39, 0.29) is 12.5 Å². The summed E-state index contributed by atoms with van der Waals surface area (Å²) < 4.78 is 10.7. The van der Waals surface area contributed by atoms with Gasteiger partial charge in [-0.1, -0.05) is 41.5 Å². The number of carbonyl (C=O) groups excluding carboxylic acids is 3. The van der Waals surface area contributed by atoms with Crippen molar-refractivity contribution >= 4 is 46.5 Å². The number of alkyl carbamates (subject to hydrolysis) is 2. The van der Waals surface area contributed by atoms with Crippen LogP contribution in [0.4, 0.5) is 15.3 Å². The smallest absolute Gasteiger partial charge is 0.408 e. The highest BCUT2D eigenvalue weighted by atomic mass is 32.1. The number of carbonyl (C=O) groups is 3. The van der Waals surface area contributed by atoms with Gasteiger partial charge in [0, 0.05) is 26.9 Å². The Morgan fingerprint density at radius 3 is 2.17 bits per heavy atom. The molecule has 0 fully saturated rings. The molecular formula is C29H36N6O5S2. The van der Waals surface area contributed by atoms with Crippen LogP contribution < -0.4 is 10.6 Å². The molecule has 1 aromatic carbocycles. The van der Waals surface area contributed by atoms with E-state index >= 15 is 0 Å². The fourth-order valence-electron chi connectivity index (χ4n) is 3.89. The molecule has 42 heavy (non-hydrogen) atoms. The number of amides is 3. The lowest BCUT2D eigenvalue weighted by Crippen LogP contribution is -2.49. The molecule has 0 saturated heterocycles. The van der Waals surface area contributed by atoms with Crippen LogP contribution in [-0.4, -0.2) is 41.2 Å². The number of unbranched alkanes of at least 4 members (excludes halogenated alkanes) is 1. The third-order valence-electron chi connectivity index (χ3n) is 5.81. The van der Waals surface area contributed by atoms with Crippen LogP contribution in [0.2, 0.25) is 0 Å². The van der Waals surface area contributed by atoms with Gasteiger partial charge in [-0.25, -0.2) is 9.59 Å². The minimum absolute atomic E-state index is 0.0725. The first-order valence-corrected chi connectivity index (χ1v) is 15.3. The molecule has 3 amide bonds. The van der Waals surface area contributed by atoms with E-state index in [1.165, 1.54) is 0 Å². The molecule has 1 atom stereocenters. The maximum absolute atomic E-state index is 13.8. The van der Waals surface area contributed by atoms with Gasteiger partial charge >= 0.3 is 12.2 Å². The number of benzene rings is 1. The van der Waals surface area contributed by atoms with Crippen molar-refractivity contribution in [3.63, 3.8) is 0 Å². The van der Waals surface area contributed by atoms with Crippen LogP contribution in [0, 0.1) is 0 Å². The second-order valence-corrected chi connectivity index (χ2v) is 12.5. The van der Waals surface area contributed by atoms with E-state index in [1.54, 1.807) is 72.6 Å².